The van der Waals surface area contributed by atoms with Gasteiger partial charge in [0.2, 0.25) is 0 Å². The number of aryl methyl sites for hydroxylation is 1. The Bertz CT molecular complexity index is 464. The highest BCUT2D eigenvalue weighted by molar-refractivity contribution is 7.19. The van der Waals surface area contributed by atoms with Gasteiger partial charge in [-0.1, -0.05) is 18.0 Å². The lowest BCUT2D eigenvalue weighted by molar-refractivity contribution is 0.673. The van der Waals surface area contributed by atoms with E-state index < -0.39 is 0 Å². The molecule has 2 aromatic heterocycles. The van der Waals surface area contributed by atoms with Crippen molar-refractivity contribution >= 4 is 22.9 Å². The predicted octanol–water partition coefficient (Wildman–Crippen LogP) is 3.46. The van der Waals surface area contributed by atoms with Crippen molar-refractivity contribution in [3.05, 3.63) is 28.5 Å². The van der Waals surface area contributed by atoms with Crippen LogP contribution in [-0.4, -0.2) is 16.5 Å². The minimum Gasteiger partial charge on any atom is -0.341 e. The Balaban J connectivity index is 1.92. The molecule has 0 aliphatic carbocycles. The average Bonchev–Trinajstić information content (AvgIpc) is 2.93. The molecule has 0 radical (unpaired) electrons. The number of aromatic nitrogens is 2. The van der Waals surface area contributed by atoms with Gasteiger partial charge in [0.15, 0.2) is 0 Å². The fourth-order valence-corrected chi connectivity index (χ4v) is 2.70. The van der Waals surface area contributed by atoms with Crippen LogP contribution >= 0.6 is 22.9 Å². The van der Waals surface area contributed by atoms with Crippen LogP contribution in [0.4, 0.5) is 0 Å². The van der Waals surface area contributed by atoms with E-state index in [0.29, 0.717) is 0 Å². The van der Waals surface area contributed by atoms with Gasteiger partial charge < -0.3 is 10.7 Å². The maximum Gasteiger partial charge on any atom is 0.106 e. The van der Waals surface area contributed by atoms with Crippen molar-refractivity contribution in [2.45, 2.75) is 25.7 Å². The number of H-pyrrole nitrogens is 1. The van der Waals surface area contributed by atoms with Gasteiger partial charge in [0, 0.05) is 6.42 Å². The van der Waals surface area contributed by atoms with Crippen molar-refractivity contribution in [2.24, 2.45) is 5.73 Å². The Kier molecular flexibility index (Phi) is 4.59. The number of nitrogens with two attached hydrogens (primary N) is 1. The summed E-state index contributed by atoms with van der Waals surface area (Å²) in [5, 5.41) is 0. The Morgan fingerprint density at radius 2 is 2.18 bits per heavy atom. The van der Waals surface area contributed by atoms with Crippen molar-refractivity contribution in [3.8, 4) is 10.6 Å². The minimum atomic E-state index is 0.775. The molecular formula is C12H16ClN3S. The molecule has 0 aliphatic rings. The molecule has 2 heterocycles. The monoisotopic (exact) mass is 269 g/mol. The lowest BCUT2D eigenvalue weighted by atomic mass is 10.2. The number of imidazole rings is 1. The highest BCUT2D eigenvalue weighted by Gasteiger charge is 2.05. The van der Waals surface area contributed by atoms with E-state index >= 15 is 0 Å². The van der Waals surface area contributed by atoms with E-state index in [0.717, 1.165) is 53.0 Å². The molecule has 17 heavy (non-hydrogen) atoms. The molecule has 0 bridgehead atoms. The molecule has 0 fully saturated rings. The largest absolute Gasteiger partial charge is 0.341 e. The summed E-state index contributed by atoms with van der Waals surface area (Å²) in [4.78, 5) is 8.84. The summed E-state index contributed by atoms with van der Waals surface area (Å²) in [6, 6.07) is 3.92. The van der Waals surface area contributed by atoms with Gasteiger partial charge in [-0.2, -0.15) is 0 Å². The van der Waals surface area contributed by atoms with Gasteiger partial charge in [-0.15, -0.1) is 11.3 Å². The molecule has 2 rings (SSSR count). The molecule has 5 heteroatoms. The van der Waals surface area contributed by atoms with Crippen molar-refractivity contribution in [3.63, 3.8) is 0 Å². The van der Waals surface area contributed by atoms with E-state index in [2.05, 4.69) is 9.97 Å². The van der Waals surface area contributed by atoms with Gasteiger partial charge >= 0.3 is 0 Å². The fourth-order valence-electron chi connectivity index (χ4n) is 1.69. The van der Waals surface area contributed by atoms with Crippen LogP contribution in [0.1, 0.15) is 25.1 Å². The molecule has 0 unspecified atom stereocenters. The molecule has 0 aromatic carbocycles. The third-order valence-electron chi connectivity index (χ3n) is 2.58. The molecule has 0 spiro atoms. The summed E-state index contributed by atoms with van der Waals surface area (Å²) in [5.74, 6) is 1.04. The zero-order valence-electron chi connectivity index (χ0n) is 9.58. The normalized spacial score (nSPS) is 10.9. The van der Waals surface area contributed by atoms with E-state index in [1.54, 1.807) is 11.3 Å². The lowest BCUT2D eigenvalue weighted by Gasteiger charge is -1.96. The van der Waals surface area contributed by atoms with E-state index in [-0.39, 0.29) is 0 Å². The van der Waals surface area contributed by atoms with E-state index in [9.17, 15) is 0 Å². The van der Waals surface area contributed by atoms with Gasteiger partial charge in [0.05, 0.1) is 21.1 Å². The number of aromatic amines is 1. The average molecular weight is 270 g/mol. The summed E-state index contributed by atoms with van der Waals surface area (Å²) in [7, 11) is 0. The Labute approximate surface area is 110 Å². The number of unbranched alkanes of at least 4 members (excludes halogenated alkanes) is 2. The molecule has 0 saturated heterocycles. The van der Waals surface area contributed by atoms with Crippen LogP contribution in [0.2, 0.25) is 4.34 Å². The third-order valence-corrected chi connectivity index (χ3v) is 3.85. The third kappa shape index (κ3) is 3.56. The smallest absolute Gasteiger partial charge is 0.106 e. The molecule has 3 nitrogen and oxygen atoms in total. The maximum atomic E-state index is 5.91. The Morgan fingerprint density at radius 3 is 2.88 bits per heavy atom. The first-order valence-electron chi connectivity index (χ1n) is 5.79. The first-order chi connectivity index (χ1) is 8.29. The van der Waals surface area contributed by atoms with Crippen molar-refractivity contribution in [1.82, 2.24) is 9.97 Å². The number of rotatable bonds is 6. The summed E-state index contributed by atoms with van der Waals surface area (Å²) in [6.45, 7) is 0.775. The van der Waals surface area contributed by atoms with E-state index in [1.807, 2.05) is 18.3 Å². The Morgan fingerprint density at radius 1 is 1.29 bits per heavy atom. The number of nitrogens with one attached hydrogen (secondary N) is 1. The zero-order valence-corrected chi connectivity index (χ0v) is 11.2. The summed E-state index contributed by atoms with van der Waals surface area (Å²) >= 11 is 7.47. The van der Waals surface area contributed by atoms with E-state index in [4.69, 9.17) is 17.3 Å². The van der Waals surface area contributed by atoms with Crippen LogP contribution in [-0.2, 0) is 6.42 Å². The maximum absolute atomic E-state index is 5.91. The molecule has 0 saturated carbocycles. The van der Waals surface area contributed by atoms with Gasteiger partial charge in [-0.3, -0.25) is 0 Å². The first kappa shape index (κ1) is 12.6. The van der Waals surface area contributed by atoms with Gasteiger partial charge in [-0.25, -0.2) is 4.98 Å². The SMILES string of the molecule is NCCCCCc1ncc(-c2ccc(Cl)s2)[nH]1. The predicted molar refractivity (Wildman–Crippen MR) is 73.5 cm³/mol. The first-order valence-corrected chi connectivity index (χ1v) is 6.98. The summed E-state index contributed by atoms with van der Waals surface area (Å²) in [6.07, 6.45) is 6.25. The zero-order chi connectivity index (χ0) is 12.1. The molecule has 3 N–H and O–H groups in total. The second-order valence-electron chi connectivity index (χ2n) is 3.95. The van der Waals surface area contributed by atoms with Crippen molar-refractivity contribution < 1.29 is 0 Å². The van der Waals surface area contributed by atoms with Crippen LogP contribution in [0.3, 0.4) is 0 Å². The topological polar surface area (TPSA) is 54.7 Å². The molecule has 0 amide bonds. The van der Waals surface area contributed by atoms with Crippen LogP contribution in [0.25, 0.3) is 10.6 Å². The summed E-state index contributed by atoms with van der Waals surface area (Å²) < 4.78 is 0.805. The van der Waals surface area contributed by atoms with Gasteiger partial charge in [0.1, 0.15) is 5.82 Å². The number of hydrogen-bond donors (Lipinski definition) is 2. The summed E-state index contributed by atoms with van der Waals surface area (Å²) in [5.41, 5.74) is 6.51. The molecule has 2 aromatic rings. The number of nitrogens with zero attached hydrogens (tertiary/aromatic N) is 1. The van der Waals surface area contributed by atoms with Crippen LogP contribution in [0, 0.1) is 0 Å². The van der Waals surface area contributed by atoms with Crippen LogP contribution in [0.5, 0.6) is 0 Å². The van der Waals surface area contributed by atoms with Crippen LogP contribution < -0.4 is 5.73 Å². The second kappa shape index (κ2) is 6.19. The molecule has 0 aliphatic heterocycles. The molecule has 92 valence electrons. The lowest BCUT2D eigenvalue weighted by Crippen LogP contribution is -1.98. The van der Waals surface area contributed by atoms with Crippen molar-refractivity contribution in [1.29, 1.82) is 0 Å². The quantitative estimate of drug-likeness (QED) is 0.789. The standard InChI is InChI=1S/C12H16ClN3S/c13-11-6-5-10(17-11)9-8-15-12(16-9)4-2-1-3-7-14/h5-6,8H,1-4,7,14H2,(H,15,16). The van der Waals surface area contributed by atoms with Crippen LogP contribution in [0.15, 0.2) is 18.3 Å². The van der Waals surface area contributed by atoms with Gasteiger partial charge in [0.25, 0.3) is 0 Å². The van der Waals surface area contributed by atoms with Gasteiger partial charge in [-0.05, 0) is 31.5 Å². The number of halogens is 1. The highest BCUT2D eigenvalue weighted by Crippen LogP contribution is 2.29. The molecule has 0 atom stereocenters. The van der Waals surface area contributed by atoms with Crippen molar-refractivity contribution in [2.75, 3.05) is 6.54 Å². The van der Waals surface area contributed by atoms with E-state index in [1.165, 1.54) is 0 Å². The Hall–Kier alpha value is -0.840. The fraction of sp³-hybridized carbons (Fsp3) is 0.417. The number of thiophene rings is 1. The second-order valence-corrected chi connectivity index (χ2v) is 5.66. The minimum absolute atomic E-state index is 0.775. The number of hydrogen-bond acceptors (Lipinski definition) is 3. The highest BCUT2D eigenvalue weighted by atomic mass is 35.5. The molecular weight excluding hydrogens is 254 g/mol.